The first-order valence-corrected chi connectivity index (χ1v) is 9.66. The van der Waals surface area contributed by atoms with Crippen LogP contribution in [-0.2, 0) is 12.8 Å². The second kappa shape index (κ2) is 6.01. The quantitative estimate of drug-likeness (QED) is 0.813. The summed E-state index contributed by atoms with van der Waals surface area (Å²) in [5.41, 5.74) is 12.2. The van der Waals surface area contributed by atoms with Gasteiger partial charge >= 0.3 is 0 Å². The predicted octanol–water partition coefficient (Wildman–Crippen LogP) is 4.55. The van der Waals surface area contributed by atoms with Crippen molar-refractivity contribution in [3.63, 3.8) is 0 Å². The highest BCUT2D eigenvalue weighted by molar-refractivity contribution is 6.18. The minimum absolute atomic E-state index is 0.197. The zero-order valence-electron chi connectivity index (χ0n) is 16.8. The summed E-state index contributed by atoms with van der Waals surface area (Å²) in [4.78, 5) is 5.13. The van der Waals surface area contributed by atoms with Crippen molar-refractivity contribution in [3.05, 3.63) is 52.6 Å². The second-order valence-electron chi connectivity index (χ2n) is 8.72. The Balaban J connectivity index is 2.00. The Morgan fingerprint density at radius 1 is 1.15 bits per heavy atom. The maximum atomic E-state index is 6.34. The molecule has 4 nitrogen and oxygen atoms in total. The van der Waals surface area contributed by atoms with Crippen molar-refractivity contribution >= 4 is 11.4 Å². The third-order valence-electron chi connectivity index (χ3n) is 5.20. The molecule has 4 heteroatoms. The molecule has 2 heterocycles. The van der Waals surface area contributed by atoms with E-state index in [0.717, 1.165) is 41.3 Å². The van der Waals surface area contributed by atoms with Gasteiger partial charge in [0.1, 0.15) is 5.60 Å². The first kappa shape index (κ1) is 17.9. The zero-order chi connectivity index (χ0) is 19.4. The lowest BCUT2D eigenvalue weighted by Crippen LogP contribution is -2.31. The Bertz CT molecular complexity index is 942. The standard InChI is InChI=1S/C23H28N2O2/c1-6-26-18-11-14-12-22(2,3)25-20(15-9-7-8-10-17(15)24)19(14)16-13-23(4,5)27-21(16)18/h7-11H,6,12-13,24H2,1-5H3. The van der Waals surface area contributed by atoms with E-state index in [1.54, 1.807) is 0 Å². The monoisotopic (exact) mass is 364 g/mol. The van der Waals surface area contributed by atoms with E-state index in [1.165, 1.54) is 16.7 Å². The molecule has 0 atom stereocenters. The Kier molecular flexibility index (Phi) is 3.99. The van der Waals surface area contributed by atoms with Gasteiger partial charge in [-0.15, -0.1) is 0 Å². The van der Waals surface area contributed by atoms with Crippen LogP contribution in [0.5, 0.6) is 11.5 Å². The van der Waals surface area contributed by atoms with Gasteiger partial charge in [-0.2, -0.15) is 0 Å². The average Bonchev–Trinajstić information content (AvgIpc) is 2.89. The van der Waals surface area contributed by atoms with Crippen molar-refractivity contribution in [2.24, 2.45) is 4.99 Å². The molecule has 2 aromatic carbocycles. The van der Waals surface area contributed by atoms with Crippen LogP contribution in [0.2, 0.25) is 0 Å². The Labute approximate surface area is 161 Å². The molecular weight excluding hydrogens is 336 g/mol. The summed E-state index contributed by atoms with van der Waals surface area (Å²) in [7, 11) is 0. The van der Waals surface area contributed by atoms with E-state index < -0.39 is 0 Å². The van der Waals surface area contributed by atoms with E-state index in [4.69, 9.17) is 20.2 Å². The zero-order valence-corrected chi connectivity index (χ0v) is 16.8. The Morgan fingerprint density at radius 3 is 2.59 bits per heavy atom. The fourth-order valence-corrected chi connectivity index (χ4v) is 4.24. The van der Waals surface area contributed by atoms with Crippen molar-refractivity contribution in [3.8, 4) is 11.5 Å². The molecule has 0 amide bonds. The average molecular weight is 364 g/mol. The maximum absolute atomic E-state index is 6.34. The molecule has 0 saturated heterocycles. The highest BCUT2D eigenvalue weighted by Gasteiger charge is 2.39. The Morgan fingerprint density at radius 2 is 1.89 bits per heavy atom. The molecule has 2 aliphatic heterocycles. The lowest BCUT2D eigenvalue weighted by molar-refractivity contribution is 0.132. The SMILES string of the molecule is CCOc1cc2c(c3c1OC(C)(C)C3)C(c1ccccc1N)=NC(C)(C)C2. The maximum Gasteiger partial charge on any atom is 0.166 e. The molecule has 4 rings (SSSR count). The summed E-state index contributed by atoms with van der Waals surface area (Å²) >= 11 is 0. The van der Waals surface area contributed by atoms with Crippen LogP contribution in [0.3, 0.4) is 0 Å². The van der Waals surface area contributed by atoms with Gasteiger partial charge in [0, 0.05) is 28.8 Å². The number of fused-ring (bicyclic) bond motifs is 3. The van der Waals surface area contributed by atoms with Gasteiger partial charge < -0.3 is 15.2 Å². The van der Waals surface area contributed by atoms with Gasteiger partial charge in [0.25, 0.3) is 0 Å². The van der Waals surface area contributed by atoms with Crippen LogP contribution in [0.25, 0.3) is 0 Å². The molecule has 2 aliphatic rings. The van der Waals surface area contributed by atoms with Crippen molar-refractivity contribution in [1.29, 1.82) is 0 Å². The molecule has 0 bridgehead atoms. The normalized spacial score (nSPS) is 18.9. The van der Waals surface area contributed by atoms with Gasteiger partial charge in [-0.25, -0.2) is 0 Å². The number of anilines is 1. The molecule has 0 spiro atoms. The van der Waals surface area contributed by atoms with Crippen molar-refractivity contribution in [2.75, 3.05) is 12.3 Å². The molecule has 2 N–H and O–H groups in total. The summed E-state index contributed by atoms with van der Waals surface area (Å²) in [6, 6.07) is 10.1. The molecule has 0 saturated carbocycles. The lowest BCUT2D eigenvalue weighted by Gasteiger charge is -2.31. The van der Waals surface area contributed by atoms with Crippen LogP contribution in [0.4, 0.5) is 5.69 Å². The molecule has 0 radical (unpaired) electrons. The number of hydrogen-bond acceptors (Lipinski definition) is 4. The van der Waals surface area contributed by atoms with E-state index in [9.17, 15) is 0 Å². The number of nitrogen functional groups attached to an aromatic ring is 1. The van der Waals surface area contributed by atoms with E-state index in [-0.39, 0.29) is 11.1 Å². The van der Waals surface area contributed by atoms with Crippen molar-refractivity contribution < 1.29 is 9.47 Å². The first-order chi connectivity index (χ1) is 12.7. The summed E-state index contributed by atoms with van der Waals surface area (Å²) in [5.74, 6) is 1.71. The van der Waals surface area contributed by atoms with Crippen molar-refractivity contribution in [2.45, 2.75) is 58.6 Å². The minimum Gasteiger partial charge on any atom is -0.490 e. The summed E-state index contributed by atoms with van der Waals surface area (Å²) in [6.07, 6.45) is 1.70. The largest absolute Gasteiger partial charge is 0.490 e. The van der Waals surface area contributed by atoms with Gasteiger partial charge in [-0.05, 0) is 58.7 Å². The fraction of sp³-hybridized carbons (Fsp3) is 0.435. The molecule has 2 aromatic rings. The number of hydrogen-bond donors (Lipinski definition) is 1. The fourth-order valence-electron chi connectivity index (χ4n) is 4.24. The van der Waals surface area contributed by atoms with Crippen LogP contribution >= 0.6 is 0 Å². The predicted molar refractivity (Wildman–Crippen MR) is 110 cm³/mol. The van der Waals surface area contributed by atoms with E-state index in [1.807, 2.05) is 25.1 Å². The highest BCUT2D eigenvalue weighted by atomic mass is 16.5. The van der Waals surface area contributed by atoms with Gasteiger partial charge in [0.2, 0.25) is 0 Å². The van der Waals surface area contributed by atoms with Crippen LogP contribution in [-0.4, -0.2) is 23.5 Å². The number of ether oxygens (including phenoxy) is 2. The molecule has 142 valence electrons. The van der Waals surface area contributed by atoms with Crippen molar-refractivity contribution in [1.82, 2.24) is 0 Å². The summed E-state index contributed by atoms with van der Waals surface area (Å²) in [6.45, 7) is 11.2. The van der Waals surface area contributed by atoms with Gasteiger partial charge in [0.15, 0.2) is 11.5 Å². The Hall–Kier alpha value is -2.49. The topological polar surface area (TPSA) is 56.8 Å². The number of nitrogens with zero attached hydrogens (tertiary/aromatic N) is 1. The molecule has 0 aromatic heterocycles. The third kappa shape index (κ3) is 3.07. The van der Waals surface area contributed by atoms with Crippen LogP contribution in [0.15, 0.2) is 35.3 Å². The van der Waals surface area contributed by atoms with E-state index in [0.29, 0.717) is 6.61 Å². The number of rotatable bonds is 3. The second-order valence-corrected chi connectivity index (χ2v) is 8.72. The molecule has 27 heavy (non-hydrogen) atoms. The van der Waals surface area contributed by atoms with E-state index >= 15 is 0 Å². The molecule has 0 unspecified atom stereocenters. The number of benzene rings is 2. The first-order valence-electron chi connectivity index (χ1n) is 9.66. The van der Waals surface area contributed by atoms with Gasteiger partial charge in [0.05, 0.1) is 17.9 Å². The molecular formula is C23H28N2O2. The smallest absolute Gasteiger partial charge is 0.166 e. The summed E-state index contributed by atoms with van der Waals surface area (Å²) < 4.78 is 12.3. The van der Waals surface area contributed by atoms with Crippen LogP contribution in [0, 0.1) is 0 Å². The number of para-hydroxylation sites is 1. The van der Waals surface area contributed by atoms with Crippen LogP contribution < -0.4 is 15.2 Å². The third-order valence-corrected chi connectivity index (χ3v) is 5.20. The highest BCUT2D eigenvalue weighted by Crippen LogP contribution is 2.48. The number of aliphatic imine (C=N–C) groups is 1. The molecule has 0 fully saturated rings. The van der Waals surface area contributed by atoms with Crippen LogP contribution in [0.1, 0.15) is 56.9 Å². The van der Waals surface area contributed by atoms with Gasteiger partial charge in [-0.3, -0.25) is 4.99 Å². The van der Waals surface area contributed by atoms with E-state index in [2.05, 4.69) is 39.8 Å². The summed E-state index contributed by atoms with van der Waals surface area (Å²) in [5, 5.41) is 0. The number of nitrogens with two attached hydrogens (primary N) is 1. The van der Waals surface area contributed by atoms with Gasteiger partial charge in [-0.1, -0.05) is 18.2 Å². The molecule has 0 aliphatic carbocycles. The minimum atomic E-state index is -0.260. The lowest BCUT2D eigenvalue weighted by atomic mass is 9.80.